The van der Waals surface area contributed by atoms with E-state index in [2.05, 4.69) is 21.7 Å². The number of nitrogens with zero attached hydrogens (tertiary/aromatic N) is 2. The molecule has 0 aliphatic heterocycles. The second kappa shape index (κ2) is 7.80. The van der Waals surface area contributed by atoms with Gasteiger partial charge in [0.2, 0.25) is 0 Å². The van der Waals surface area contributed by atoms with Crippen LogP contribution < -0.4 is 10.6 Å². The summed E-state index contributed by atoms with van der Waals surface area (Å²) in [5.41, 5.74) is 0.712. The second-order valence-electron chi connectivity index (χ2n) is 5.74. The summed E-state index contributed by atoms with van der Waals surface area (Å²) in [5, 5.41) is 14.7. The Hall–Kier alpha value is -3.86. The number of hydrogen-bond acceptors (Lipinski definition) is 4. The van der Waals surface area contributed by atoms with Crippen LogP contribution in [0.25, 0.3) is 0 Å². The number of carbonyl (C=O) groups is 1. The number of alkyl halides is 3. The number of para-hydroxylation sites is 1. The van der Waals surface area contributed by atoms with Crippen LogP contribution in [-0.4, -0.2) is 10.9 Å². The zero-order valence-electron chi connectivity index (χ0n) is 14.3. The zero-order chi connectivity index (χ0) is 20.1. The Kier molecular flexibility index (Phi) is 5.27. The van der Waals surface area contributed by atoms with Gasteiger partial charge in [0, 0.05) is 5.56 Å². The lowest BCUT2D eigenvalue weighted by atomic mass is 10.1. The van der Waals surface area contributed by atoms with Gasteiger partial charge in [0.1, 0.15) is 11.9 Å². The molecule has 3 rings (SSSR count). The number of aromatic nitrogens is 1. The number of anilines is 3. The maximum Gasteiger partial charge on any atom is 0.416 e. The van der Waals surface area contributed by atoms with E-state index in [1.807, 2.05) is 0 Å². The fraction of sp³-hybridized carbons (Fsp3) is 0.0500. The van der Waals surface area contributed by atoms with Crippen molar-refractivity contribution in [3.05, 3.63) is 83.6 Å². The fourth-order valence-corrected chi connectivity index (χ4v) is 2.38. The van der Waals surface area contributed by atoms with Gasteiger partial charge in [-0.25, -0.2) is 4.98 Å². The third kappa shape index (κ3) is 4.45. The topological polar surface area (TPSA) is 77.8 Å². The van der Waals surface area contributed by atoms with Crippen LogP contribution in [0.4, 0.5) is 30.4 Å². The largest absolute Gasteiger partial charge is 0.416 e. The average Bonchev–Trinajstić information content (AvgIpc) is 2.69. The Labute approximate surface area is 158 Å². The van der Waals surface area contributed by atoms with Gasteiger partial charge in [-0.05, 0) is 48.5 Å². The van der Waals surface area contributed by atoms with Crippen molar-refractivity contribution >= 4 is 23.1 Å². The first-order valence-corrected chi connectivity index (χ1v) is 8.07. The molecule has 1 heterocycles. The predicted octanol–water partition coefficient (Wildman–Crippen LogP) is 4.97. The lowest BCUT2D eigenvalue weighted by Crippen LogP contribution is -2.13. The molecule has 8 heteroatoms. The highest BCUT2D eigenvalue weighted by molar-refractivity contribution is 6.04. The maximum atomic E-state index is 12.6. The molecule has 0 saturated carbocycles. The minimum absolute atomic E-state index is 0.0955. The summed E-state index contributed by atoms with van der Waals surface area (Å²) in [6.45, 7) is 0. The van der Waals surface area contributed by atoms with Crippen molar-refractivity contribution < 1.29 is 18.0 Å². The number of amides is 1. The van der Waals surface area contributed by atoms with Crippen molar-refractivity contribution in [1.29, 1.82) is 5.26 Å². The molecule has 0 atom stereocenters. The van der Waals surface area contributed by atoms with Crippen LogP contribution in [0.5, 0.6) is 0 Å². The Balaban J connectivity index is 1.67. The lowest BCUT2D eigenvalue weighted by molar-refractivity contribution is -0.137. The van der Waals surface area contributed by atoms with E-state index < -0.39 is 17.6 Å². The number of carbonyl (C=O) groups excluding carboxylic acids is 1. The SMILES string of the molecule is N#Cc1ccccc1Nc1ccc(NC(=O)c2ccc(C(F)(F)F)cc2)cn1. The van der Waals surface area contributed by atoms with Gasteiger partial charge in [-0.2, -0.15) is 18.4 Å². The summed E-state index contributed by atoms with van der Waals surface area (Å²) < 4.78 is 37.7. The standard InChI is InChI=1S/C20H13F3N4O/c21-20(22,23)15-7-5-13(6-8-15)19(28)26-16-9-10-18(25-12-16)27-17-4-2-1-3-14(17)11-24/h1-10,12H,(H,25,27)(H,26,28). The predicted molar refractivity (Wildman–Crippen MR) is 98.1 cm³/mol. The van der Waals surface area contributed by atoms with Gasteiger partial charge in [0.25, 0.3) is 5.91 Å². The molecule has 0 unspecified atom stereocenters. The normalized spacial score (nSPS) is 10.8. The summed E-state index contributed by atoms with van der Waals surface area (Å²) in [6, 6.07) is 16.1. The molecule has 0 fully saturated rings. The first-order valence-electron chi connectivity index (χ1n) is 8.07. The molecule has 2 N–H and O–H groups in total. The Morgan fingerprint density at radius 2 is 1.71 bits per heavy atom. The number of hydrogen-bond donors (Lipinski definition) is 2. The number of nitriles is 1. The quantitative estimate of drug-likeness (QED) is 0.668. The zero-order valence-corrected chi connectivity index (χ0v) is 14.3. The highest BCUT2D eigenvalue weighted by Crippen LogP contribution is 2.29. The molecular formula is C20H13F3N4O. The minimum Gasteiger partial charge on any atom is -0.339 e. The number of halogens is 3. The van der Waals surface area contributed by atoms with Gasteiger partial charge < -0.3 is 10.6 Å². The Bertz CT molecular complexity index is 1020. The first kappa shape index (κ1) is 18.9. The monoisotopic (exact) mass is 382 g/mol. The van der Waals surface area contributed by atoms with E-state index in [9.17, 15) is 18.0 Å². The molecule has 0 radical (unpaired) electrons. The van der Waals surface area contributed by atoms with Crippen molar-refractivity contribution in [3.8, 4) is 6.07 Å². The highest BCUT2D eigenvalue weighted by atomic mass is 19.4. The van der Waals surface area contributed by atoms with Crippen LogP contribution in [0, 0.1) is 11.3 Å². The summed E-state index contributed by atoms with van der Waals surface area (Å²) in [5.74, 6) is -0.0821. The Morgan fingerprint density at radius 3 is 2.32 bits per heavy atom. The van der Waals surface area contributed by atoms with Crippen LogP contribution in [0.3, 0.4) is 0 Å². The van der Waals surface area contributed by atoms with E-state index in [0.29, 0.717) is 22.8 Å². The lowest BCUT2D eigenvalue weighted by Gasteiger charge is -2.10. The Morgan fingerprint density at radius 1 is 1.00 bits per heavy atom. The van der Waals surface area contributed by atoms with Crippen molar-refractivity contribution in [2.45, 2.75) is 6.18 Å². The van der Waals surface area contributed by atoms with E-state index in [0.717, 1.165) is 24.3 Å². The molecule has 140 valence electrons. The van der Waals surface area contributed by atoms with Gasteiger partial charge in [-0.15, -0.1) is 0 Å². The molecule has 0 saturated heterocycles. The molecule has 0 aliphatic carbocycles. The number of pyridine rings is 1. The summed E-state index contributed by atoms with van der Waals surface area (Å²) in [7, 11) is 0. The summed E-state index contributed by atoms with van der Waals surface area (Å²) in [4.78, 5) is 16.3. The average molecular weight is 382 g/mol. The molecule has 5 nitrogen and oxygen atoms in total. The molecular weight excluding hydrogens is 369 g/mol. The summed E-state index contributed by atoms with van der Waals surface area (Å²) in [6.07, 6.45) is -3.05. The smallest absolute Gasteiger partial charge is 0.339 e. The van der Waals surface area contributed by atoms with Crippen molar-refractivity contribution in [3.63, 3.8) is 0 Å². The van der Waals surface area contributed by atoms with Crippen LogP contribution in [0.2, 0.25) is 0 Å². The van der Waals surface area contributed by atoms with Crippen LogP contribution in [0.1, 0.15) is 21.5 Å². The van der Waals surface area contributed by atoms with Crippen LogP contribution >= 0.6 is 0 Å². The number of rotatable bonds is 4. The summed E-state index contributed by atoms with van der Waals surface area (Å²) >= 11 is 0. The molecule has 2 aromatic carbocycles. The van der Waals surface area contributed by atoms with Gasteiger partial charge in [0.15, 0.2) is 0 Å². The highest BCUT2D eigenvalue weighted by Gasteiger charge is 2.30. The first-order chi connectivity index (χ1) is 13.4. The van der Waals surface area contributed by atoms with Crippen molar-refractivity contribution in [1.82, 2.24) is 4.98 Å². The molecule has 0 spiro atoms. The maximum absolute atomic E-state index is 12.6. The van der Waals surface area contributed by atoms with E-state index in [1.165, 1.54) is 6.20 Å². The van der Waals surface area contributed by atoms with E-state index in [1.54, 1.807) is 36.4 Å². The molecule has 1 aromatic heterocycles. The van der Waals surface area contributed by atoms with Gasteiger partial charge in [-0.1, -0.05) is 12.1 Å². The van der Waals surface area contributed by atoms with E-state index >= 15 is 0 Å². The third-order valence-corrected chi connectivity index (χ3v) is 3.81. The second-order valence-corrected chi connectivity index (χ2v) is 5.74. The van der Waals surface area contributed by atoms with Gasteiger partial charge in [0.05, 0.1) is 28.7 Å². The van der Waals surface area contributed by atoms with Crippen LogP contribution in [0.15, 0.2) is 66.9 Å². The van der Waals surface area contributed by atoms with E-state index in [-0.39, 0.29) is 5.56 Å². The van der Waals surface area contributed by atoms with Crippen molar-refractivity contribution in [2.24, 2.45) is 0 Å². The minimum atomic E-state index is -4.45. The van der Waals surface area contributed by atoms with E-state index in [4.69, 9.17) is 5.26 Å². The third-order valence-electron chi connectivity index (χ3n) is 3.81. The molecule has 0 aliphatic rings. The molecule has 3 aromatic rings. The van der Waals surface area contributed by atoms with Crippen molar-refractivity contribution in [2.75, 3.05) is 10.6 Å². The number of nitrogens with one attached hydrogen (secondary N) is 2. The molecule has 1 amide bonds. The fourth-order valence-electron chi connectivity index (χ4n) is 2.38. The molecule has 0 bridgehead atoms. The molecule has 28 heavy (non-hydrogen) atoms. The van der Waals surface area contributed by atoms with Gasteiger partial charge >= 0.3 is 6.18 Å². The van der Waals surface area contributed by atoms with Crippen LogP contribution in [-0.2, 0) is 6.18 Å². The van der Waals surface area contributed by atoms with Gasteiger partial charge in [-0.3, -0.25) is 4.79 Å². The number of benzene rings is 2.